The summed E-state index contributed by atoms with van der Waals surface area (Å²) < 4.78 is 29.7. The van der Waals surface area contributed by atoms with E-state index in [4.69, 9.17) is 4.74 Å². The summed E-state index contributed by atoms with van der Waals surface area (Å²) in [5, 5.41) is 5.17. The Morgan fingerprint density at radius 2 is 2.17 bits per heavy atom. The van der Waals surface area contributed by atoms with Crippen molar-refractivity contribution in [1.82, 2.24) is 0 Å². The maximum Gasteiger partial charge on any atom is 0.255 e. The van der Waals surface area contributed by atoms with Gasteiger partial charge in [-0.25, -0.2) is 8.78 Å². The van der Waals surface area contributed by atoms with Gasteiger partial charge in [-0.3, -0.25) is 4.79 Å². The SMILES string of the molecule is CCOc1ccc(NC(C)=O)cc1NCC(F)F. The molecule has 0 unspecified atom stereocenters. The molecule has 1 aromatic carbocycles. The summed E-state index contributed by atoms with van der Waals surface area (Å²) in [4.78, 5) is 10.9. The van der Waals surface area contributed by atoms with Crippen molar-refractivity contribution in [3.63, 3.8) is 0 Å². The molecule has 0 aliphatic heterocycles. The van der Waals surface area contributed by atoms with Gasteiger partial charge in [-0.1, -0.05) is 0 Å². The number of rotatable bonds is 6. The molecule has 0 radical (unpaired) electrons. The Balaban J connectivity index is 2.88. The molecule has 100 valence electrons. The molecular weight excluding hydrogens is 242 g/mol. The number of nitrogens with one attached hydrogen (secondary N) is 2. The second kappa shape index (κ2) is 6.78. The zero-order valence-electron chi connectivity index (χ0n) is 10.3. The molecule has 1 aromatic rings. The van der Waals surface area contributed by atoms with Gasteiger partial charge in [-0.15, -0.1) is 0 Å². The Morgan fingerprint density at radius 1 is 1.44 bits per heavy atom. The summed E-state index contributed by atoms with van der Waals surface area (Å²) in [6.45, 7) is 3.15. The van der Waals surface area contributed by atoms with Gasteiger partial charge in [0.05, 0.1) is 18.8 Å². The van der Waals surface area contributed by atoms with E-state index in [2.05, 4.69) is 10.6 Å². The number of anilines is 2. The first-order valence-corrected chi connectivity index (χ1v) is 5.59. The van der Waals surface area contributed by atoms with Crippen LogP contribution in [0.2, 0.25) is 0 Å². The Hall–Kier alpha value is -1.85. The van der Waals surface area contributed by atoms with Crippen LogP contribution in [0.4, 0.5) is 20.2 Å². The van der Waals surface area contributed by atoms with Gasteiger partial charge >= 0.3 is 0 Å². The second-order valence-electron chi connectivity index (χ2n) is 3.60. The number of hydrogen-bond acceptors (Lipinski definition) is 3. The minimum absolute atomic E-state index is 0.223. The highest BCUT2D eigenvalue weighted by Crippen LogP contribution is 2.28. The highest BCUT2D eigenvalue weighted by Gasteiger charge is 2.08. The van der Waals surface area contributed by atoms with Crippen LogP contribution in [0.1, 0.15) is 13.8 Å². The van der Waals surface area contributed by atoms with Crippen LogP contribution >= 0.6 is 0 Å². The Bertz CT molecular complexity index is 411. The van der Waals surface area contributed by atoms with Crippen molar-refractivity contribution in [3.8, 4) is 5.75 Å². The summed E-state index contributed by atoms with van der Waals surface area (Å²) in [6.07, 6.45) is -2.45. The summed E-state index contributed by atoms with van der Waals surface area (Å²) >= 11 is 0. The van der Waals surface area contributed by atoms with Gasteiger partial charge in [0.15, 0.2) is 0 Å². The lowest BCUT2D eigenvalue weighted by molar-refractivity contribution is -0.114. The van der Waals surface area contributed by atoms with Gasteiger partial charge in [-0.2, -0.15) is 0 Å². The fourth-order valence-corrected chi connectivity index (χ4v) is 1.42. The molecule has 18 heavy (non-hydrogen) atoms. The fraction of sp³-hybridized carbons (Fsp3) is 0.417. The number of amides is 1. The minimum atomic E-state index is -2.45. The predicted octanol–water partition coefficient (Wildman–Crippen LogP) is 2.72. The van der Waals surface area contributed by atoms with Gasteiger partial charge < -0.3 is 15.4 Å². The van der Waals surface area contributed by atoms with Crippen LogP contribution in [0, 0.1) is 0 Å². The van der Waals surface area contributed by atoms with E-state index < -0.39 is 13.0 Å². The van der Waals surface area contributed by atoms with Crippen LogP contribution in [-0.2, 0) is 4.79 Å². The maximum absolute atomic E-state index is 12.2. The molecule has 0 saturated heterocycles. The van der Waals surface area contributed by atoms with E-state index in [-0.39, 0.29) is 5.91 Å². The molecule has 1 rings (SSSR count). The number of hydrogen-bond donors (Lipinski definition) is 2. The van der Waals surface area contributed by atoms with E-state index in [0.717, 1.165) is 0 Å². The number of benzene rings is 1. The highest BCUT2D eigenvalue weighted by molar-refractivity contribution is 5.89. The Kier molecular flexibility index (Phi) is 5.35. The summed E-state index contributed by atoms with van der Waals surface area (Å²) in [7, 11) is 0. The van der Waals surface area contributed by atoms with E-state index in [1.165, 1.54) is 6.92 Å². The highest BCUT2D eigenvalue weighted by atomic mass is 19.3. The lowest BCUT2D eigenvalue weighted by atomic mass is 10.2. The first-order valence-electron chi connectivity index (χ1n) is 5.59. The molecule has 1 amide bonds. The smallest absolute Gasteiger partial charge is 0.255 e. The summed E-state index contributed by atoms with van der Waals surface area (Å²) in [5.41, 5.74) is 0.964. The largest absolute Gasteiger partial charge is 0.492 e. The first-order chi connectivity index (χ1) is 8.52. The average Bonchev–Trinajstić information content (AvgIpc) is 2.28. The van der Waals surface area contributed by atoms with Gasteiger partial charge in [0.2, 0.25) is 5.91 Å². The normalized spacial score (nSPS) is 10.3. The van der Waals surface area contributed by atoms with E-state index in [1.54, 1.807) is 25.1 Å². The fourth-order valence-electron chi connectivity index (χ4n) is 1.42. The number of carbonyl (C=O) groups is 1. The van der Waals surface area contributed by atoms with Crippen molar-refractivity contribution in [3.05, 3.63) is 18.2 Å². The van der Waals surface area contributed by atoms with Gasteiger partial charge in [0, 0.05) is 12.6 Å². The van der Waals surface area contributed by atoms with Crippen LogP contribution in [-0.4, -0.2) is 25.5 Å². The van der Waals surface area contributed by atoms with Crippen molar-refractivity contribution in [2.75, 3.05) is 23.8 Å². The zero-order chi connectivity index (χ0) is 13.5. The van der Waals surface area contributed by atoms with Crippen molar-refractivity contribution in [1.29, 1.82) is 0 Å². The van der Waals surface area contributed by atoms with Crippen LogP contribution in [0.25, 0.3) is 0 Å². The quantitative estimate of drug-likeness (QED) is 0.824. The number of alkyl halides is 2. The lowest BCUT2D eigenvalue weighted by Gasteiger charge is -2.14. The molecule has 2 N–H and O–H groups in total. The molecule has 0 aliphatic carbocycles. The lowest BCUT2D eigenvalue weighted by Crippen LogP contribution is -2.12. The van der Waals surface area contributed by atoms with Gasteiger partial charge in [-0.05, 0) is 25.1 Å². The van der Waals surface area contributed by atoms with Crippen LogP contribution < -0.4 is 15.4 Å². The third-order valence-electron chi connectivity index (χ3n) is 2.05. The molecule has 0 fully saturated rings. The number of halogens is 2. The molecule has 0 aromatic heterocycles. The van der Waals surface area contributed by atoms with Crippen molar-refractivity contribution in [2.45, 2.75) is 20.3 Å². The summed E-state index contributed by atoms with van der Waals surface area (Å²) in [5.74, 6) is 0.256. The molecule has 0 spiro atoms. The average molecular weight is 258 g/mol. The number of carbonyl (C=O) groups excluding carboxylic acids is 1. The van der Waals surface area contributed by atoms with E-state index in [1.807, 2.05) is 0 Å². The second-order valence-corrected chi connectivity index (χ2v) is 3.60. The Morgan fingerprint density at radius 3 is 2.72 bits per heavy atom. The van der Waals surface area contributed by atoms with Crippen LogP contribution in [0.15, 0.2) is 18.2 Å². The molecular formula is C12H16F2N2O2. The molecule has 0 saturated carbocycles. The molecule has 0 atom stereocenters. The van der Waals surface area contributed by atoms with Crippen molar-refractivity contribution < 1.29 is 18.3 Å². The standard InChI is InChI=1S/C12H16F2N2O2/c1-3-18-11-5-4-9(16-8(2)17)6-10(11)15-7-12(13)14/h4-6,12,15H,3,7H2,1-2H3,(H,16,17). The minimum Gasteiger partial charge on any atom is -0.492 e. The molecule has 0 heterocycles. The maximum atomic E-state index is 12.2. The van der Waals surface area contributed by atoms with Gasteiger partial charge in [0.1, 0.15) is 5.75 Å². The Labute approximate surface area is 104 Å². The monoisotopic (exact) mass is 258 g/mol. The first kappa shape index (κ1) is 14.2. The van der Waals surface area contributed by atoms with Gasteiger partial charge in [0.25, 0.3) is 6.43 Å². The topological polar surface area (TPSA) is 50.4 Å². The number of ether oxygens (including phenoxy) is 1. The van der Waals surface area contributed by atoms with E-state index >= 15 is 0 Å². The molecule has 6 heteroatoms. The molecule has 0 bridgehead atoms. The zero-order valence-corrected chi connectivity index (χ0v) is 10.3. The van der Waals surface area contributed by atoms with E-state index in [9.17, 15) is 13.6 Å². The van der Waals surface area contributed by atoms with Crippen LogP contribution in [0.5, 0.6) is 5.75 Å². The predicted molar refractivity (Wildman–Crippen MR) is 66.4 cm³/mol. The van der Waals surface area contributed by atoms with E-state index in [0.29, 0.717) is 23.7 Å². The molecule has 4 nitrogen and oxygen atoms in total. The third-order valence-corrected chi connectivity index (χ3v) is 2.05. The van der Waals surface area contributed by atoms with Crippen LogP contribution in [0.3, 0.4) is 0 Å². The van der Waals surface area contributed by atoms with Crippen molar-refractivity contribution in [2.24, 2.45) is 0 Å². The summed E-state index contributed by atoms with van der Waals surface area (Å²) in [6, 6.07) is 4.84. The third kappa shape index (κ3) is 4.57. The molecule has 0 aliphatic rings. The van der Waals surface area contributed by atoms with Crippen molar-refractivity contribution >= 4 is 17.3 Å².